The summed E-state index contributed by atoms with van der Waals surface area (Å²) in [5, 5.41) is 2.92. The van der Waals surface area contributed by atoms with Crippen molar-refractivity contribution in [3.05, 3.63) is 61.5 Å². The highest BCUT2D eigenvalue weighted by Crippen LogP contribution is 2.21. The van der Waals surface area contributed by atoms with E-state index in [1.54, 1.807) is 6.92 Å². The Kier molecular flexibility index (Phi) is 2.76. The fourth-order valence-electron chi connectivity index (χ4n) is 2.18. The Morgan fingerprint density at radius 1 is 1.25 bits per heavy atom. The summed E-state index contributed by atoms with van der Waals surface area (Å²) in [5.74, 6) is -0.553. The van der Waals surface area contributed by atoms with Crippen molar-refractivity contribution in [2.45, 2.75) is 6.92 Å². The number of aromatic amines is 2. The molecule has 2 aromatic heterocycles. The number of pyridine rings is 1. The standard InChI is InChI=1S/C13H9ClFN3O2/c1-6-12-10(5-11(19)16-6)18(17-13(12)20)7-2-3-9(15)8(14)4-7/h2-5H,1H3,(H,16,19)(H,17,20). The van der Waals surface area contributed by atoms with Gasteiger partial charge in [-0.15, -0.1) is 0 Å². The number of hydrogen-bond donors (Lipinski definition) is 2. The van der Waals surface area contributed by atoms with Gasteiger partial charge in [-0.1, -0.05) is 11.6 Å². The zero-order chi connectivity index (χ0) is 14.4. The molecular weight excluding hydrogens is 285 g/mol. The van der Waals surface area contributed by atoms with Crippen molar-refractivity contribution in [1.29, 1.82) is 0 Å². The summed E-state index contributed by atoms with van der Waals surface area (Å²) in [6, 6.07) is 5.34. The minimum Gasteiger partial charge on any atom is -0.326 e. The minimum atomic E-state index is -0.553. The summed E-state index contributed by atoms with van der Waals surface area (Å²) >= 11 is 5.74. The second-order valence-electron chi connectivity index (χ2n) is 4.39. The van der Waals surface area contributed by atoms with Crippen LogP contribution in [0.3, 0.4) is 0 Å². The Labute approximate surface area is 116 Å². The molecule has 0 saturated carbocycles. The van der Waals surface area contributed by atoms with Crippen LogP contribution in [0.5, 0.6) is 0 Å². The molecule has 0 aliphatic carbocycles. The van der Waals surface area contributed by atoms with Crippen LogP contribution in [0.15, 0.2) is 33.9 Å². The average Bonchev–Trinajstić information content (AvgIpc) is 2.70. The van der Waals surface area contributed by atoms with Crippen LogP contribution in [-0.4, -0.2) is 14.8 Å². The zero-order valence-electron chi connectivity index (χ0n) is 10.3. The van der Waals surface area contributed by atoms with Crippen molar-refractivity contribution in [3.63, 3.8) is 0 Å². The van der Waals surface area contributed by atoms with Crippen molar-refractivity contribution in [2.75, 3.05) is 0 Å². The van der Waals surface area contributed by atoms with Crippen LogP contribution in [0, 0.1) is 12.7 Å². The summed E-state index contributed by atoms with van der Waals surface area (Å²) in [6.07, 6.45) is 0. The van der Waals surface area contributed by atoms with E-state index in [1.165, 1.54) is 28.9 Å². The normalized spacial score (nSPS) is 11.2. The first-order valence-electron chi connectivity index (χ1n) is 5.77. The SMILES string of the molecule is Cc1[nH]c(=O)cc2c1c(=O)[nH]n2-c1ccc(F)c(Cl)c1. The molecule has 20 heavy (non-hydrogen) atoms. The Hall–Kier alpha value is -2.34. The van der Waals surface area contributed by atoms with E-state index < -0.39 is 5.82 Å². The average molecular weight is 294 g/mol. The van der Waals surface area contributed by atoms with E-state index in [-0.39, 0.29) is 16.1 Å². The van der Waals surface area contributed by atoms with Gasteiger partial charge >= 0.3 is 0 Å². The summed E-state index contributed by atoms with van der Waals surface area (Å²) in [6.45, 7) is 1.64. The molecule has 0 bridgehead atoms. The summed E-state index contributed by atoms with van der Waals surface area (Å²) in [5.41, 5.74) is 0.693. The second kappa shape index (κ2) is 4.35. The molecule has 0 saturated heterocycles. The topological polar surface area (TPSA) is 70.7 Å². The van der Waals surface area contributed by atoms with E-state index in [4.69, 9.17) is 11.6 Å². The molecule has 0 spiro atoms. The molecular formula is C13H9ClFN3O2. The Bertz CT molecular complexity index is 939. The minimum absolute atomic E-state index is 0.0632. The molecule has 7 heteroatoms. The number of H-pyrrole nitrogens is 2. The number of benzene rings is 1. The van der Waals surface area contributed by atoms with Crippen LogP contribution in [0.1, 0.15) is 5.69 Å². The maximum atomic E-state index is 13.2. The van der Waals surface area contributed by atoms with Gasteiger partial charge in [0.2, 0.25) is 5.56 Å². The fourth-order valence-corrected chi connectivity index (χ4v) is 2.36. The number of aryl methyl sites for hydroxylation is 1. The van der Waals surface area contributed by atoms with Gasteiger partial charge in [0.25, 0.3) is 5.56 Å². The molecule has 3 rings (SSSR count). The summed E-state index contributed by atoms with van der Waals surface area (Å²) in [7, 11) is 0. The molecule has 0 amide bonds. The zero-order valence-corrected chi connectivity index (χ0v) is 11.1. The number of nitrogens with one attached hydrogen (secondary N) is 2. The molecule has 1 aromatic carbocycles. The molecule has 2 N–H and O–H groups in total. The first-order chi connectivity index (χ1) is 9.47. The highest BCUT2D eigenvalue weighted by atomic mass is 35.5. The van der Waals surface area contributed by atoms with E-state index in [0.29, 0.717) is 22.3 Å². The van der Waals surface area contributed by atoms with Crippen molar-refractivity contribution in [3.8, 4) is 5.69 Å². The lowest BCUT2D eigenvalue weighted by molar-refractivity contribution is 0.627. The lowest BCUT2D eigenvalue weighted by atomic mass is 10.2. The van der Waals surface area contributed by atoms with Gasteiger partial charge < -0.3 is 4.98 Å². The fraction of sp³-hybridized carbons (Fsp3) is 0.0769. The Morgan fingerprint density at radius 3 is 2.70 bits per heavy atom. The number of rotatable bonds is 1. The number of nitrogens with zero attached hydrogens (tertiary/aromatic N) is 1. The lowest BCUT2D eigenvalue weighted by Gasteiger charge is -2.05. The molecule has 0 aliphatic rings. The van der Waals surface area contributed by atoms with Gasteiger partial charge in [0.15, 0.2) is 0 Å². The first-order valence-corrected chi connectivity index (χ1v) is 6.15. The third-order valence-corrected chi connectivity index (χ3v) is 3.34. The van der Waals surface area contributed by atoms with E-state index in [0.717, 1.165) is 0 Å². The van der Waals surface area contributed by atoms with Crippen LogP contribution in [-0.2, 0) is 0 Å². The summed E-state index contributed by atoms with van der Waals surface area (Å²) in [4.78, 5) is 26.1. The van der Waals surface area contributed by atoms with Crippen molar-refractivity contribution in [2.24, 2.45) is 0 Å². The van der Waals surface area contributed by atoms with E-state index in [9.17, 15) is 14.0 Å². The van der Waals surface area contributed by atoms with E-state index in [2.05, 4.69) is 10.1 Å². The van der Waals surface area contributed by atoms with Gasteiger partial charge in [-0.05, 0) is 25.1 Å². The maximum absolute atomic E-state index is 13.2. The van der Waals surface area contributed by atoms with Crippen LogP contribution >= 0.6 is 11.6 Å². The van der Waals surface area contributed by atoms with Crippen molar-refractivity contribution in [1.82, 2.24) is 14.8 Å². The van der Waals surface area contributed by atoms with Crippen LogP contribution in [0.25, 0.3) is 16.6 Å². The Morgan fingerprint density at radius 2 is 2.00 bits per heavy atom. The predicted octanol–water partition coefficient (Wildman–Crippen LogP) is 2.11. The van der Waals surface area contributed by atoms with Gasteiger partial charge in [-0.25, -0.2) is 4.39 Å². The third-order valence-electron chi connectivity index (χ3n) is 3.05. The predicted molar refractivity (Wildman–Crippen MR) is 74.2 cm³/mol. The molecule has 0 unspecified atom stereocenters. The van der Waals surface area contributed by atoms with Crippen LogP contribution < -0.4 is 11.1 Å². The smallest absolute Gasteiger partial charge is 0.274 e. The van der Waals surface area contributed by atoms with Gasteiger partial charge in [0.1, 0.15) is 5.82 Å². The molecule has 0 fully saturated rings. The summed E-state index contributed by atoms with van der Waals surface area (Å²) < 4.78 is 14.6. The molecule has 3 aromatic rings. The second-order valence-corrected chi connectivity index (χ2v) is 4.80. The Balaban J connectivity index is 2.40. The monoisotopic (exact) mass is 293 g/mol. The molecule has 0 atom stereocenters. The molecule has 5 nitrogen and oxygen atoms in total. The van der Waals surface area contributed by atoms with Crippen molar-refractivity contribution < 1.29 is 4.39 Å². The van der Waals surface area contributed by atoms with Crippen molar-refractivity contribution >= 4 is 22.5 Å². The van der Waals surface area contributed by atoms with Crippen LogP contribution in [0.2, 0.25) is 5.02 Å². The van der Waals surface area contributed by atoms with E-state index >= 15 is 0 Å². The molecule has 0 aliphatic heterocycles. The molecule has 0 radical (unpaired) electrons. The number of fused-ring (bicyclic) bond motifs is 1. The number of hydrogen-bond acceptors (Lipinski definition) is 2. The lowest BCUT2D eigenvalue weighted by Crippen LogP contribution is -2.08. The highest BCUT2D eigenvalue weighted by molar-refractivity contribution is 6.30. The number of halogens is 2. The first kappa shape index (κ1) is 12.7. The molecule has 102 valence electrons. The van der Waals surface area contributed by atoms with Gasteiger partial charge in [-0.2, -0.15) is 0 Å². The largest absolute Gasteiger partial charge is 0.326 e. The number of aromatic nitrogens is 3. The quantitative estimate of drug-likeness (QED) is 0.721. The molecule has 2 heterocycles. The van der Waals surface area contributed by atoms with E-state index in [1.807, 2.05) is 0 Å². The highest BCUT2D eigenvalue weighted by Gasteiger charge is 2.12. The maximum Gasteiger partial charge on any atom is 0.274 e. The van der Waals surface area contributed by atoms with Gasteiger partial charge in [0.05, 0.1) is 21.6 Å². The van der Waals surface area contributed by atoms with Gasteiger partial charge in [-0.3, -0.25) is 19.4 Å². The van der Waals surface area contributed by atoms with Gasteiger partial charge in [0, 0.05) is 11.8 Å². The van der Waals surface area contributed by atoms with Crippen LogP contribution in [0.4, 0.5) is 4.39 Å². The third kappa shape index (κ3) is 1.85.